The average molecular weight is 297 g/mol. The molecule has 2 rings (SSSR count). The van der Waals surface area contributed by atoms with E-state index in [1.54, 1.807) is 12.1 Å². The van der Waals surface area contributed by atoms with Crippen molar-refractivity contribution in [1.29, 1.82) is 0 Å². The van der Waals surface area contributed by atoms with Crippen LogP contribution in [-0.4, -0.2) is 12.7 Å². The molecule has 1 saturated carbocycles. The number of para-hydroxylation sites is 1. The summed E-state index contributed by atoms with van der Waals surface area (Å²) < 4.78 is 29.6. The van der Waals surface area contributed by atoms with Gasteiger partial charge < -0.3 is 10.1 Å². The molecular formula is C17H25F2NO. The number of ether oxygens (including phenoxy) is 1. The molecule has 0 spiro atoms. The van der Waals surface area contributed by atoms with Crippen LogP contribution in [0.15, 0.2) is 24.3 Å². The fourth-order valence-corrected chi connectivity index (χ4v) is 3.30. The maximum Gasteiger partial charge on any atom is 0.387 e. The largest absolute Gasteiger partial charge is 0.434 e. The first-order valence-corrected chi connectivity index (χ1v) is 7.87. The van der Waals surface area contributed by atoms with Crippen LogP contribution in [0, 0.1) is 5.92 Å². The lowest BCUT2D eigenvalue weighted by Gasteiger charge is -2.31. The van der Waals surface area contributed by atoms with E-state index in [2.05, 4.69) is 17.0 Å². The van der Waals surface area contributed by atoms with Crippen LogP contribution in [0.4, 0.5) is 8.78 Å². The number of benzene rings is 1. The van der Waals surface area contributed by atoms with Crippen LogP contribution in [0.25, 0.3) is 0 Å². The van der Waals surface area contributed by atoms with E-state index < -0.39 is 6.61 Å². The molecule has 2 nitrogen and oxygen atoms in total. The highest BCUT2D eigenvalue weighted by Crippen LogP contribution is 2.30. The van der Waals surface area contributed by atoms with Crippen molar-refractivity contribution in [1.82, 2.24) is 5.32 Å². The van der Waals surface area contributed by atoms with Gasteiger partial charge >= 0.3 is 6.61 Å². The summed E-state index contributed by atoms with van der Waals surface area (Å²) in [5, 5.41) is 3.55. The second kappa shape index (κ2) is 7.74. The summed E-state index contributed by atoms with van der Waals surface area (Å²) in [6.07, 6.45) is 6.46. The van der Waals surface area contributed by atoms with Gasteiger partial charge in [0.1, 0.15) is 5.75 Å². The van der Waals surface area contributed by atoms with Gasteiger partial charge in [0.2, 0.25) is 0 Å². The first-order chi connectivity index (χ1) is 10.1. The molecule has 0 aromatic heterocycles. The molecule has 1 aromatic carbocycles. The van der Waals surface area contributed by atoms with Crippen LogP contribution in [0.1, 0.15) is 57.6 Å². The Hall–Kier alpha value is -1.16. The predicted octanol–water partition coefficient (Wildman–Crippen LogP) is 4.91. The molecule has 21 heavy (non-hydrogen) atoms. The van der Waals surface area contributed by atoms with E-state index in [9.17, 15) is 8.78 Å². The summed E-state index contributed by atoms with van der Waals surface area (Å²) in [5.74, 6) is 0.952. The Balaban J connectivity index is 2.00. The lowest BCUT2D eigenvalue weighted by molar-refractivity contribution is -0.0507. The quantitative estimate of drug-likeness (QED) is 0.805. The Morgan fingerprint density at radius 1 is 1.10 bits per heavy atom. The van der Waals surface area contributed by atoms with Gasteiger partial charge in [0.15, 0.2) is 0 Å². The second-order valence-corrected chi connectivity index (χ2v) is 5.99. The van der Waals surface area contributed by atoms with E-state index in [0.29, 0.717) is 12.0 Å². The van der Waals surface area contributed by atoms with Crippen LogP contribution in [-0.2, 0) is 0 Å². The summed E-state index contributed by atoms with van der Waals surface area (Å²) >= 11 is 0. The van der Waals surface area contributed by atoms with E-state index in [-0.39, 0.29) is 11.8 Å². The van der Waals surface area contributed by atoms with Crippen molar-refractivity contribution in [2.75, 3.05) is 0 Å². The Kier molecular flexibility index (Phi) is 5.97. The normalized spacial score (nSPS) is 19.5. The lowest BCUT2D eigenvalue weighted by Crippen LogP contribution is -2.36. The van der Waals surface area contributed by atoms with Crippen molar-refractivity contribution < 1.29 is 13.5 Å². The standard InChI is InChI=1S/C17H25F2NO/c1-12(14-8-4-3-5-9-14)20-13(2)15-10-6-7-11-16(15)21-17(18)19/h6-7,10-14,17,20H,3-5,8-9H2,1-2H3/t12-,13?/m1/s1. The lowest BCUT2D eigenvalue weighted by atomic mass is 9.84. The topological polar surface area (TPSA) is 21.3 Å². The van der Waals surface area contributed by atoms with Crippen molar-refractivity contribution in [3.8, 4) is 5.75 Å². The number of nitrogens with one attached hydrogen (secondary N) is 1. The molecule has 0 amide bonds. The molecule has 0 heterocycles. The van der Waals surface area contributed by atoms with Crippen molar-refractivity contribution >= 4 is 0 Å². The molecule has 118 valence electrons. The average Bonchev–Trinajstić information content (AvgIpc) is 2.48. The molecule has 0 saturated heterocycles. The third-order valence-electron chi connectivity index (χ3n) is 4.47. The number of hydrogen-bond donors (Lipinski definition) is 1. The van der Waals surface area contributed by atoms with Crippen molar-refractivity contribution in [3.63, 3.8) is 0 Å². The van der Waals surface area contributed by atoms with Crippen LogP contribution in [0.2, 0.25) is 0 Å². The molecule has 1 fully saturated rings. The highest BCUT2D eigenvalue weighted by molar-refractivity contribution is 5.35. The molecule has 1 aliphatic carbocycles. The third kappa shape index (κ3) is 4.67. The van der Waals surface area contributed by atoms with Crippen molar-refractivity contribution in [2.45, 2.75) is 64.6 Å². The highest BCUT2D eigenvalue weighted by Gasteiger charge is 2.23. The number of rotatable bonds is 6. The Labute approximate surface area is 125 Å². The van der Waals surface area contributed by atoms with E-state index in [1.165, 1.54) is 32.1 Å². The summed E-state index contributed by atoms with van der Waals surface area (Å²) in [5.41, 5.74) is 0.792. The van der Waals surface area contributed by atoms with E-state index in [4.69, 9.17) is 0 Å². The molecule has 0 radical (unpaired) electrons. The smallest absolute Gasteiger partial charge is 0.387 e. The van der Waals surface area contributed by atoms with Crippen LogP contribution in [0.3, 0.4) is 0 Å². The zero-order valence-corrected chi connectivity index (χ0v) is 12.8. The van der Waals surface area contributed by atoms with E-state index in [1.807, 2.05) is 19.1 Å². The second-order valence-electron chi connectivity index (χ2n) is 5.99. The summed E-state index contributed by atoms with van der Waals surface area (Å²) in [6, 6.07) is 7.42. The van der Waals surface area contributed by atoms with E-state index >= 15 is 0 Å². The molecule has 1 aromatic rings. The zero-order chi connectivity index (χ0) is 15.2. The summed E-state index contributed by atoms with van der Waals surface area (Å²) in [4.78, 5) is 0. The molecule has 4 heteroatoms. The monoisotopic (exact) mass is 297 g/mol. The van der Waals surface area contributed by atoms with Gasteiger partial charge in [-0.25, -0.2) is 0 Å². The maximum absolute atomic E-state index is 12.5. The Bertz CT molecular complexity index is 433. The minimum Gasteiger partial charge on any atom is -0.434 e. The predicted molar refractivity (Wildman–Crippen MR) is 80.7 cm³/mol. The van der Waals surface area contributed by atoms with Gasteiger partial charge in [-0.1, -0.05) is 37.5 Å². The van der Waals surface area contributed by atoms with Crippen molar-refractivity contribution in [3.05, 3.63) is 29.8 Å². The molecule has 0 aliphatic heterocycles. The third-order valence-corrected chi connectivity index (χ3v) is 4.47. The molecule has 1 N–H and O–H groups in total. The van der Waals surface area contributed by atoms with Crippen LogP contribution in [0.5, 0.6) is 5.75 Å². The summed E-state index contributed by atoms with van der Waals surface area (Å²) in [7, 11) is 0. The summed E-state index contributed by atoms with van der Waals surface area (Å²) in [6.45, 7) is 1.42. The van der Waals surface area contributed by atoms with Gasteiger partial charge in [-0.2, -0.15) is 8.78 Å². The molecule has 0 bridgehead atoms. The van der Waals surface area contributed by atoms with Crippen LogP contribution < -0.4 is 10.1 Å². The Morgan fingerprint density at radius 3 is 2.43 bits per heavy atom. The highest BCUT2D eigenvalue weighted by atomic mass is 19.3. The van der Waals surface area contributed by atoms with Crippen molar-refractivity contribution in [2.24, 2.45) is 5.92 Å². The van der Waals surface area contributed by atoms with Gasteiger partial charge in [0.25, 0.3) is 0 Å². The number of hydrogen-bond acceptors (Lipinski definition) is 2. The van der Waals surface area contributed by atoms with E-state index in [0.717, 1.165) is 5.56 Å². The van der Waals surface area contributed by atoms with Gasteiger partial charge in [0, 0.05) is 17.6 Å². The fourth-order valence-electron chi connectivity index (χ4n) is 3.30. The van der Waals surface area contributed by atoms with Gasteiger partial charge in [-0.15, -0.1) is 0 Å². The first-order valence-electron chi connectivity index (χ1n) is 7.87. The molecule has 1 aliphatic rings. The molecule has 1 unspecified atom stereocenters. The van der Waals surface area contributed by atoms with Crippen LogP contribution >= 0.6 is 0 Å². The fraction of sp³-hybridized carbons (Fsp3) is 0.647. The Morgan fingerprint density at radius 2 is 1.76 bits per heavy atom. The minimum absolute atomic E-state index is 0.00289. The number of halogens is 2. The SMILES string of the molecule is CC(N[C@H](C)C1CCCCC1)c1ccccc1OC(F)F. The maximum atomic E-state index is 12.5. The molecular weight excluding hydrogens is 272 g/mol. The van der Waals surface area contributed by atoms with Gasteiger partial charge in [-0.3, -0.25) is 0 Å². The molecule has 2 atom stereocenters. The van der Waals surface area contributed by atoms with Gasteiger partial charge in [-0.05, 0) is 38.7 Å². The number of alkyl halides is 2. The minimum atomic E-state index is -2.78. The zero-order valence-electron chi connectivity index (χ0n) is 12.8. The van der Waals surface area contributed by atoms with Gasteiger partial charge in [0.05, 0.1) is 0 Å². The first kappa shape index (κ1) is 16.2.